The zero-order chi connectivity index (χ0) is 20.1. The lowest BCUT2D eigenvalue weighted by Gasteiger charge is -2.09. The van der Waals surface area contributed by atoms with Crippen LogP contribution in [0.2, 0.25) is 0 Å². The van der Waals surface area contributed by atoms with Crippen molar-refractivity contribution in [1.29, 1.82) is 0 Å². The molecule has 0 bridgehead atoms. The Hall–Kier alpha value is -2.49. The van der Waals surface area contributed by atoms with Crippen LogP contribution in [-0.4, -0.2) is 0 Å². The molecule has 2 aromatic carbocycles. The zero-order valence-corrected chi connectivity index (χ0v) is 16.5. The van der Waals surface area contributed by atoms with Crippen LogP contribution >= 0.6 is 0 Å². The summed E-state index contributed by atoms with van der Waals surface area (Å²) < 4.78 is 34.5. The third-order valence-electron chi connectivity index (χ3n) is 5.10. The van der Waals surface area contributed by atoms with E-state index in [1.165, 1.54) is 0 Å². The van der Waals surface area contributed by atoms with E-state index in [4.69, 9.17) is 4.42 Å². The number of hydrogen-bond acceptors (Lipinski definition) is 2. The summed E-state index contributed by atoms with van der Waals surface area (Å²) in [5.41, 5.74) is 1.29. The van der Waals surface area contributed by atoms with Gasteiger partial charge in [-0.05, 0) is 59.9 Å². The van der Waals surface area contributed by atoms with Crippen LogP contribution in [0.3, 0.4) is 0 Å². The highest BCUT2D eigenvalue weighted by atomic mass is 19.1. The first kappa shape index (κ1) is 20.2. The second-order valence-corrected chi connectivity index (χ2v) is 7.28. The Morgan fingerprint density at radius 3 is 2.32 bits per heavy atom. The summed E-state index contributed by atoms with van der Waals surface area (Å²) in [6, 6.07) is 10.4. The van der Waals surface area contributed by atoms with Crippen molar-refractivity contribution in [3.05, 3.63) is 80.9 Å². The first-order valence-electron chi connectivity index (χ1n) is 10.0. The van der Waals surface area contributed by atoms with Crippen LogP contribution in [0, 0.1) is 11.6 Å². The minimum Gasteiger partial charge on any atom is -0.427 e. The molecule has 2 nitrogen and oxygen atoms in total. The normalized spacial score (nSPS) is 11.3. The molecule has 0 amide bonds. The van der Waals surface area contributed by atoms with E-state index in [0.29, 0.717) is 41.5 Å². The van der Waals surface area contributed by atoms with Crippen molar-refractivity contribution in [3.8, 4) is 0 Å². The Kier molecular flexibility index (Phi) is 6.61. The van der Waals surface area contributed by atoms with E-state index in [1.807, 2.05) is 6.07 Å². The lowest BCUT2D eigenvalue weighted by atomic mass is 9.99. The summed E-state index contributed by atoms with van der Waals surface area (Å²) in [5, 5.41) is 0.537. The maximum Gasteiger partial charge on any atom is 0.346 e. The van der Waals surface area contributed by atoms with Gasteiger partial charge in [0.1, 0.15) is 22.8 Å². The first-order chi connectivity index (χ1) is 13.5. The van der Waals surface area contributed by atoms with Crippen molar-refractivity contribution in [1.82, 2.24) is 0 Å². The van der Waals surface area contributed by atoms with Crippen LogP contribution < -0.4 is 5.63 Å². The zero-order valence-electron chi connectivity index (χ0n) is 16.5. The minimum atomic E-state index is -0.641. The SMILES string of the molecule is CCCCc1cc2ccc(CCc3ccc(CCC)cc3F)c(F)c2c(=O)o1. The quantitative estimate of drug-likeness (QED) is 0.466. The molecule has 1 aromatic heterocycles. The Labute approximate surface area is 164 Å². The highest BCUT2D eigenvalue weighted by Gasteiger charge is 2.14. The van der Waals surface area contributed by atoms with Gasteiger partial charge in [-0.1, -0.05) is 51.0 Å². The molecule has 0 N–H and O–H groups in total. The van der Waals surface area contributed by atoms with E-state index < -0.39 is 11.4 Å². The molecule has 0 atom stereocenters. The van der Waals surface area contributed by atoms with E-state index in [9.17, 15) is 13.6 Å². The number of benzene rings is 2. The molecule has 3 rings (SSSR count). The third kappa shape index (κ3) is 4.49. The molecule has 28 heavy (non-hydrogen) atoms. The molecule has 148 valence electrons. The lowest BCUT2D eigenvalue weighted by molar-refractivity contribution is 0.457. The molecule has 0 unspecified atom stereocenters. The van der Waals surface area contributed by atoms with Gasteiger partial charge in [-0.15, -0.1) is 0 Å². The van der Waals surface area contributed by atoms with Crippen LogP contribution in [0.15, 0.2) is 45.6 Å². The van der Waals surface area contributed by atoms with Gasteiger partial charge in [0, 0.05) is 6.42 Å². The largest absolute Gasteiger partial charge is 0.427 e. The monoisotopic (exact) mass is 384 g/mol. The Morgan fingerprint density at radius 2 is 1.61 bits per heavy atom. The smallest absolute Gasteiger partial charge is 0.346 e. The maximum atomic E-state index is 14.9. The Balaban J connectivity index is 1.83. The van der Waals surface area contributed by atoms with Crippen LogP contribution in [0.5, 0.6) is 0 Å². The fourth-order valence-electron chi connectivity index (χ4n) is 3.51. The number of halogens is 2. The maximum absolute atomic E-state index is 14.9. The standard InChI is InChI=1S/C24H26F2O2/c1-3-5-7-20-15-19-13-12-18(23(26)22(19)24(27)28-20)11-10-17-9-8-16(6-4-2)14-21(17)25/h8-9,12-15H,3-7,10-11H2,1-2H3. The molecule has 3 aromatic rings. The molecule has 4 heteroatoms. The molecule has 0 aliphatic heterocycles. The van der Waals surface area contributed by atoms with Crippen molar-refractivity contribution in [3.63, 3.8) is 0 Å². The van der Waals surface area contributed by atoms with Crippen molar-refractivity contribution < 1.29 is 13.2 Å². The number of aryl methyl sites for hydroxylation is 4. The van der Waals surface area contributed by atoms with Gasteiger partial charge in [-0.25, -0.2) is 13.6 Å². The number of unbranched alkanes of at least 4 members (excludes halogenated alkanes) is 1. The molecule has 0 spiro atoms. The summed E-state index contributed by atoms with van der Waals surface area (Å²) >= 11 is 0. The third-order valence-corrected chi connectivity index (χ3v) is 5.10. The van der Waals surface area contributed by atoms with Crippen LogP contribution in [0.1, 0.15) is 55.6 Å². The van der Waals surface area contributed by atoms with Gasteiger partial charge in [0.05, 0.1) is 0 Å². The van der Waals surface area contributed by atoms with Gasteiger partial charge in [0.2, 0.25) is 0 Å². The first-order valence-corrected chi connectivity index (χ1v) is 10.0. The molecule has 0 aliphatic rings. The van der Waals surface area contributed by atoms with E-state index in [-0.39, 0.29) is 11.2 Å². The second kappa shape index (κ2) is 9.13. The summed E-state index contributed by atoms with van der Waals surface area (Å²) in [5.74, 6) is -0.232. The van der Waals surface area contributed by atoms with Crippen molar-refractivity contribution in [2.45, 2.75) is 58.8 Å². The van der Waals surface area contributed by atoms with E-state index in [0.717, 1.165) is 31.2 Å². The van der Waals surface area contributed by atoms with E-state index in [1.54, 1.807) is 30.3 Å². The van der Waals surface area contributed by atoms with E-state index in [2.05, 4.69) is 13.8 Å². The fraction of sp³-hybridized carbons (Fsp3) is 0.375. The highest BCUT2D eigenvalue weighted by molar-refractivity contribution is 5.82. The predicted molar refractivity (Wildman–Crippen MR) is 109 cm³/mol. The Morgan fingerprint density at radius 1 is 0.857 bits per heavy atom. The van der Waals surface area contributed by atoms with Crippen LogP contribution in [-0.2, 0) is 25.7 Å². The lowest BCUT2D eigenvalue weighted by Crippen LogP contribution is -2.07. The molecule has 1 heterocycles. The molecule has 0 aliphatic carbocycles. The highest BCUT2D eigenvalue weighted by Crippen LogP contribution is 2.22. The van der Waals surface area contributed by atoms with Crippen LogP contribution in [0.25, 0.3) is 10.8 Å². The second-order valence-electron chi connectivity index (χ2n) is 7.28. The summed E-state index contributed by atoms with van der Waals surface area (Å²) in [6.07, 6.45) is 5.07. The molecule has 0 saturated carbocycles. The average Bonchev–Trinajstić information content (AvgIpc) is 2.67. The summed E-state index contributed by atoms with van der Waals surface area (Å²) in [6.45, 7) is 4.11. The Bertz CT molecular complexity index is 1020. The van der Waals surface area contributed by atoms with Gasteiger partial charge in [-0.2, -0.15) is 0 Å². The molecule has 0 saturated heterocycles. The summed E-state index contributed by atoms with van der Waals surface area (Å²) in [4.78, 5) is 12.3. The molecule has 0 radical (unpaired) electrons. The van der Waals surface area contributed by atoms with Gasteiger partial charge >= 0.3 is 5.63 Å². The topological polar surface area (TPSA) is 30.2 Å². The van der Waals surface area contributed by atoms with E-state index >= 15 is 0 Å². The minimum absolute atomic E-state index is 0.0171. The molecule has 0 fully saturated rings. The molecular weight excluding hydrogens is 358 g/mol. The number of fused-ring (bicyclic) bond motifs is 1. The average molecular weight is 384 g/mol. The predicted octanol–water partition coefficient (Wildman–Crippen LogP) is 6.15. The van der Waals surface area contributed by atoms with Crippen molar-refractivity contribution in [2.75, 3.05) is 0 Å². The van der Waals surface area contributed by atoms with Crippen molar-refractivity contribution in [2.24, 2.45) is 0 Å². The molecular formula is C24H26F2O2. The van der Waals surface area contributed by atoms with Gasteiger partial charge in [0.15, 0.2) is 0 Å². The van der Waals surface area contributed by atoms with Gasteiger partial charge in [0.25, 0.3) is 0 Å². The summed E-state index contributed by atoms with van der Waals surface area (Å²) in [7, 11) is 0. The van der Waals surface area contributed by atoms with Crippen molar-refractivity contribution >= 4 is 10.8 Å². The van der Waals surface area contributed by atoms with Crippen LogP contribution in [0.4, 0.5) is 8.78 Å². The fourth-order valence-corrected chi connectivity index (χ4v) is 3.51. The number of rotatable bonds is 8. The number of hydrogen-bond donors (Lipinski definition) is 0. The van der Waals surface area contributed by atoms with Gasteiger partial charge < -0.3 is 4.42 Å². The van der Waals surface area contributed by atoms with Gasteiger partial charge in [-0.3, -0.25) is 0 Å².